The van der Waals surface area contributed by atoms with Gasteiger partial charge in [0.2, 0.25) is 5.91 Å². The lowest BCUT2D eigenvalue weighted by Gasteiger charge is -2.16. The summed E-state index contributed by atoms with van der Waals surface area (Å²) in [5.41, 5.74) is 0.913. The Balaban J connectivity index is 2.68. The molecule has 17 heavy (non-hydrogen) atoms. The van der Waals surface area contributed by atoms with Gasteiger partial charge in [0.1, 0.15) is 6.42 Å². The van der Waals surface area contributed by atoms with E-state index in [0.29, 0.717) is 11.4 Å². The highest BCUT2D eigenvalue weighted by Crippen LogP contribution is 2.19. The van der Waals surface area contributed by atoms with Crippen molar-refractivity contribution >= 4 is 23.5 Å². The van der Waals surface area contributed by atoms with Crippen LogP contribution in [-0.4, -0.2) is 17.0 Å². The first-order chi connectivity index (χ1) is 8.02. The van der Waals surface area contributed by atoms with Crippen molar-refractivity contribution in [1.82, 2.24) is 5.32 Å². The normalized spacial score (nSPS) is 11.9. The predicted octanol–water partition coefficient (Wildman–Crippen LogP) is 2.38. The Morgan fingerprint density at radius 3 is 2.41 bits per heavy atom. The molecule has 0 bridgehead atoms. The minimum Gasteiger partial charge on any atom is -0.481 e. The molecule has 0 saturated carbocycles. The van der Waals surface area contributed by atoms with E-state index < -0.39 is 18.3 Å². The zero-order chi connectivity index (χ0) is 12.8. The van der Waals surface area contributed by atoms with Crippen molar-refractivity contribution in [2.45, 2.75) is 25.8 Å². The smallest absolute Gasteiger partial charge is 0.312 e. The van der Waals surface area contributed by atoms with Crippen molar-refractivity contribution in [2.75, 3.05) is 0 Å². The van der Waals surface area contributed by atoms with Gasteiger partial charge in [0.25, 0.3) is 0 Å². The number of halogens is 1. The summed E-state index contributed by atoms with van der Waals surface area (Å²) in [6.45, 7) is 1.92. The van der Waals surface area contributed by atoms with Crippen LogP contribution < -0.4 is 5.32 Å². The fourth-order valence-corrected chi connectivity index (χ4v) is 1.62. The zero-order valence-corrected chi connectivity index (χ0v) is 10.2. The predicted molar refractivity (Wildman–Crippen MR) is 64.9 cm³/mol. The summed E-state index contributed by atoms with van der Waals surface area (Å²) in [6.07, 6.45) is 0.178. The van der Waals surface area contributed by atoms with Crippen molar-refractivity contribution in [3.8, 4) is 0 Å². The van der Waals surface area contributed by atoms with Gasteiger partial charge < -0.3 is 10.4 Å². The Morgan fingerprint density at radius 2 is 1.94 bits per heavy atom. The lowest BCUT2D eigenvalue weighted by atomic mass is 10.0. The van der Waals surface area contributed by atoms with Gasteiger partial charge in [-0.05, 0) is 24.1 Å². The fourth-order valence-electron chi connectivity index (χ4n) is 1.50. The summed E-state index contributed by atoms with van der Waals surface area (Å²) in [6, 6.07) is 6.93. The largest absolute Gasteiger partial charge is 0.481 e. The maximum atomic E-state index is 11.3. The quantitative estimate of drug-likeness (QED) is 0.794. The molecule has 0 aromatic heterocycles. The molecule has 1 atom stereocenters. The molecule has 0 aliphatic rings. The average Bonchev–Trinajstić information content (AvgIpc) is 2.26. The number of carboxylic acids is 1. The number of nitrogens with one attached hydrogen (secondary N) is 1. The first-order valence-corrected chi connectivity index (χ1v) is 5.67. The number of carbonyl (C=O) groups is 2. The number of carbonyl (C=O) groups excluding carboxylic acids is 1. The number of aliphatic carboxylic acids is 1. The van der Waals surface area contributed by atoms with Crippen LogP contribution in [0.2, 0.25) is 5.02 Å². The Hall–Kier alpha value is -1.55. The van der Waals surface area contributed by atoms with E-state index in [2.05, 4.69) is 5.32 Å². The van der Waals surface area contributed by atoms with Crippen LogP contribution >= 0.6 is 11.6 Å². The number of hydrogen-bond donors (Lipinski definition) is 2. The molecule has 0 aliphatic carbocycles. The minimum absolute atomic E-state index is 0.181. The van der Waals surface area contributed by atoms with E-state index in [9.17, 15) is 9.59 Å². The van der Waals surface area contributed by atoms with Crippen LogP contribution in [0.5, 0.6) is 0 Å². The Labute approximate surface area is 105 Å². The van der Waals surface area contributed by atoms with E-state index in [1.165, 1.54) is 0 Å². The first-order valence-electron chi connectivity index (χ1n) is 5.29. The van der Waals surface area contributed by atoms with E-state index in [1.54, 1.807) is 12.1 Å². The molecule has 0 spiro atoms. The monoisotopic (exact) mass is 255 g/mol. The van der Waals surface area contributed by atoms with E-state index >= 15 is 0 Å². The van der Waals surface area contributed by atoms with Gasteiger partial charge in [-0.3, -0.25) is 9.59 Å². The van der Waals surface area contributed by atoms with Crippen molar-refractivity contribution in [3.63, 3.8) is 0 Å². The molecule has 0 aliphatic heterocycles. The molecule has 0 heterocycles. The van der Waals surface area contributed by atoms with Crippen LogP contribution in [0.25, 0.3) is 0 Å². The van der Waals surface area contributed by atoms with Crippen molar-refractivity contribution in [2.24, 2.45) is 0 Å². The summed E-state index contributed by atoms with van der Waals surface area (Å²) in [5.74, 6) is -1.62. The molecule has 0 radical (unpaired) electrons. The van der Waals surface area contributed by atoms with E-state index in [4.69, 9.17) is 16.7 Å². The SMILES string of the molecule is CCC(NC(=O)CC(=O)O)c1ccc(Cl)cc1. The van der Waals surface area contributed by atoms with Crippen LogP contribution in [-0.2, 0) is 9.59 Å². The molecule has 1 rings (SSSR count). The van der Waals surface area contributed by atoms with Gasteiger partial charge in [-0.15, -0.1) is 0 Å². The highest BCUT2D eigenvalue weighted by Gasteiger charge is 2.14. The van der Waals surface area contributed by atoms with Gasteiger partial charge in [0.15, 0.2) is 0 Å². The van der Waals surface area contributed by atoms with E-state index in [0.717, 1.165) is 5.56 Å². The van der Waals surface area contributed by atoms with Crippen LogP contribution in [0, 0.1) is 0 Å². The highest BCUT2D eigenvalue weighted by atomic mass is 35.5. The zero-order valence-electron chi connectivity index (χ0n) is 9.44. The summed E-state index contributed by atoms with van der Waals surface area (Å²) >= 11 is 5.77. The van der Waals surface area contributed by atoms with E-state index in [-0.39, 0.29) is 6.04 Å². The number of benzene rings is 1. The van der Waals surface area contributed by atoms with Gasteiger partial charge in [0.05, 0.1) is 6.04 Å². The van der Waals surface area contributed by atoms with Gasteiger partial charge in [-0.1, -0.05) is 30.7 Å². The molecule has 1 amide bonds. The van der Waals surface area contributed by atoms with Crippen molar-refractivity contribution in [3.05, 3.63) is 34.9 Å². The van der Waals surface area contributed by atoms with Gasteiger partial charge >= 0.3 is 5.97 Å². The molecule has 2 N–H and O–H groups in total. The first kappa shape index (κ1) is 13.5. The Morgan fingerprint density at radius 1 is 1.35 bits per heavy atom. The molecule has 4 nitrogen and oxygen atoms in total. The molecule has 92 valence electrons. The minimum atomic E-state index is -1.13. The number of rotatable bonds is 5. The number of amides is 1. The second kappa shape index (κ2) is 6.25. The summed E-state index contributed by atoms with van der Waals surface area (Å²) < 4.78 is 0. The molecular formula is C12H14ClNO3. The fraction of sp³-hybridized carbons (Fsp3) is 0.333. The standard InChI is InChI=1S/C12H14ClNO3/c1-2-10(14-11(15)7-12(16)17)8-3-5-9(13)6-4-8/h3-6,10H,2,7H2,1H3,(H,14,15)(H,16,17). The summed E-state index contributed by atoms with van der Waals surface area (Å²) in [7, 11) is 0. The van der Waals surface area contributed by atoms with Crippen LogP contribution in [0.15, 0.2) is 24.3 Å². The molecule has 1 aromatic carbocycles. The third kappa shape index (κ3) is 4.44. The molecule has 5 heteroatoms. The molecule has 1 unspecified atom stereocenters. The molecule has 1 aromatic rings. The number of hydrogen-bond acceptors (Lipinski definition) is 2. The molecular weight excluding hydrogens is 242 g/mol. The van der Waals surface area contributed by atoms with Crippen molar-refractivity contribution in [1.29, 1.82) is 0 Å². The third-order valence-corrected chi connectivity index (χ3v) is 2.58. The topological polar surface area (TPSA) is 66.4 Å². The van der Waals surface area contributed by atoms with Gasteiger partial charge in [-0.25, -0.2) is 0 Å². The summed E-state index contributed by atoms with van der Waals surface area (Å²) in [5, 5.41) is 11.8. The lowest BCUT2D eigenvalue weighted by Crippen LogP contribution is -2.29. The Kier molecular flexibility index (Phi) is 4.97. The van der Waals surface area contributed by atoms with E-state index in [1.807, 2.05) is 19.1 Å². The van der Waals surface area contributed by atoms with Gasteiger partial charge in [-0.2, -0.15) is 0 Å². The maximum Gasteiger partial charge on any atom is 0.312 e. The van der Waals surface area contributed by atoms with Crippen LogP contribution in [0.4, 0.5) is 0 Å². The third-order valence-electron chi connectivity index (χ3n) is 2.33. The van der Waals surface area contributed by atoms with Crippen molar-refractivity contribution < 1.29 is 14.7 Å². The van der Waals surface area contributed by atoms with Crippen LogP contribution in [0.3, 0.4) is 0 Å². The second-order valence-electron chi connectivity index (χ2n) is 3.65. The summed E-state index contributed by atoms with van der Waals surface area (Å²) in [4.78, 5) is 21.7. The lowest BCUT2D eigenvalue weighted by molar-refractivity contribution is -0.140. The average molecular weight is 256 g/mol. The van der Waals surface area contributed by atoms with Crippen LogP contribution in [0.1, 0.15) is 31.4 Å². The second-order valence-corrected chi connectivity index (χ2v) is 4.09. The highest BCUT2D eigenvalue weighted by molar-refractivity contribution is 6.30. The number of carboxylic acid groups (broad SMARTS) is 1. The molecule has 0 saturated heterocycles. The maximum absolute atomic E-state index is 11.3. The van der Waals surface area contributed by atoms with Gasteiger partial charge in [0, 0.05) is 5.02 Å². The molecule has 0 fully saturated rings. The Bertz CT molecular complexity index is 403.